The van der Waals surface area contributed by atoms with Crippen LogP contribution in [0.5, 0.6) is 5.75 Å². The van der Waals surface area contributed by atoms with Crippen molar-refractivity contribution in [2.24, 2.45) is 0 Å². The van der Waals surface area contributed by atoms with Gasteiger partial charge in [0, 0.05) is 18.8 Å². The molecule has 5 heteroatoms. The van der Waals surface area contributed by atoms with Crippen LogP contribution in [0, 0.1) is 0 Å². The first-order valence-corrected chi connectivity index (χ1v) is 8.87. The van der Waals surface area contributed by atoms with E-state index in [2.05, 4.69) is 38.2 Å². The monoisotopic (exact) mass is 364 g/mol. The molecule has 2 amide bonds. The second-order valence-corrected chi connectivity index (χ2v) is 7.62. The van der Waals surface area contributed by atoms with Crippen LogP contribution in [0.4, 0.5) is 11.4 Å². The molecule has 0 aromatic heterocycles. The summed E-state index contributed by atoms with van der Waals surface area (Å²) in [5.41, 5.74) is 3.56. The summed E-state index contributed by atoms with van der Waals surface area (Å²) < 4.78 is 5.39. The highest BCUT2D eigenvalue weighted by Crippen LogP contribution is 2.33. The summed E-state index contributed by atoms with van der Waals surface area (Å²) in [5.74, 6) is 0.273. The van der Waals surface area contributed by atoms with Gasteiger partial charge < -0.3 is 15.0 Å². The Morgan fingerprint density at radius 2 is 1.85 bits per heavy atom. The molecule has 0 spiro atoms. The Bertz CT molecular complexity index is 893. The molecule has 1 aliphatic rings. The number of likely N-dealkylation sites (N-methyl/N-ethyl adjacent to an activating group) is 1. The molecule has 0 saturated carbocycles. The van der Waals surface area contributed by atoms with Gasteiger partial charge in [0.1, 0.15) is 5.75 Å². The fourth-order valence-electron chi connectivity index (χ4n) is 2.80. The number of hydrogen-bond donors (Lipinski definition) is 1. The number of ether oxygens (including phenoxy) is 1. The van der Waals surface area contributed by atoms with Crippen LogP contribution in [-0.4, -0.2) is 25.5 Å². The van der Waals surface area contributed by atoms with E-state index in [4.69, 9.17) is 4.74 Å². The van der Waals surface area contributed by atoms with Gasteiger partial charge in [0.2, 0.25) is 5.91 Å². The van der Waals surface area contributed by atoms with E-state index < -0.39 is 0 Å². The average Bonchev–Trinajstić information content (AvgIpc) is 2.63. The number of rotatable bonds is 3. The molecule has 0 aliphatic carbocycles. The Labute approximate surface area is 159 Å². The zero-order valence-corrected chi connectivity index (χ0v) is 16.1. The lowest BCUT2D eigenvalue weighted by Crippen LogP contribution is -2.35. The zero-order valence-electron chi connectivity index (χ0n) is 16.1. The van der Waals surface area contributed by atoms with Gasteiger partial charge in [0.15, 0.2) is 6.61 Å². The van der Waals surface area contributed by atoms with Crippen molar-refractivity contribution in [3.63, 3.8) is 0 Å². The zero-order chi connectivity index (χ0) is 19.6. The van der Waals surface area contributed by atoms with Crippen molar-refractivity contribution in [1.29, 1.82) is 0 Å². The molecule has 0 saturated heterocycles. The van der Waals surface area contributed by atoms with Gasteiger partial charge in [0.25, 0.3) is 5.91 Å². The smallest absolute Gasteiger partial charge is 0.264 e. The number of carbonyl (C=O) groups is 2. The quantitative estimate of drug-likeness (QED) is 0.838. The summed E-state index contributed by atoms with van der Waals surface area (Å²) in [5, 5.41) is 2.81. The molecule has 1 N–H and O–H groups in total. The highest BCUT2D eigenvalue weighted by Gasteiger charge is 2.22. The summed E-state index contributed by atoms with van der Waals surface area (Å²) in [6.07, 6.45) is 3.27. The van der Waals surface area contributed by atoms with Gasteiger partial charge in [-0.2, -0.15) is 0 Å². The van der Waals surface area contributed by atoms with Gasteiger partial charge in [-0.3, -0.25) is 9.59 Å². The van der Waals surface area contributed by atoms with Crippen LogP contribution < -0.4 is 15.0 Å². The van der Waals surface area contributed by atoms with Crippen LogP contribution >= 0.6 is 0 Å². The molecule has 27 heavy (non-hydrogen) atoms. The average molecular weight is 364 g/mol. The standard InChI is InChI=1S/C22H24N2O3/c1-22(2,3)16-8-5-15(6-9-16)7-12-20(25)23-17-10-11-19-18(13-17)24(4)21(26)14-27-19/h5-13H,14H2,1-4H3,(H,23,25). The highest BCUT2D eigenvalue weighted by molar-refractivity contribution is 6.03. The summed E-state index contributed by atoms with van der Waals surface area (Å²) >= 11 is 0. The van der Waals surface area contributed by atoms with E-state index in [1.165, 1.54) is 16.5 Å². The molecule has 0 bridgehead atoms. The minimum Gasteiger partial charge on any atom is -0.482 e. The Kier molecular flexibility index (Phi) is 5.04. The maximum atomic E-state index is 12.2. The van der Waals surface area contributed by atoms with Crippen molar-refractivity contribution in [1.82, 2.24) is 0 Å². The number of hydrogen-bond acceptors (Lipinski definition) is 3. The van der Waals surface area contributed by atoms with Crippen LogP contribution in [0.2, 0.25) is 0 Å². The molecule has 3 rings (SSSR count). The molecular weight excluding hydrogens is 340 g/mol. The van der Waals surface area contributed by atoms with Crippen LogP contribution in [0.15, 0.2) is 48.5 Å². The van der Waals surface area contributed by atoms with Gasteiger partial charge in [-0.15, -0.1) is 0 Å². The number of anilines is 2. The summed E-state index contributed by atoms with van der Waals surface area (Å²) in [6, 6.07) is 13.4. The van der Waals surface area contributed by atoms with E-state index >= 15 is 0 Å². The molecule has 1 aliphatic heterocycles. The molecule has 2 aromatic rings. The summed E-state index contributed by atoms with van der Waals surface area (Å²) in [4.78, 5) is 25.5. The van der Waals surface area contributed by atoms with Crippen LogP contribution in [0.25, 0.3) is 6.08 Å². The largest absolute Gasteiger partial charge is 0.482 e. The number of amides is 2. The van der Waals surface area contributed by atoms with Crippen LogP contribution in [0.1, 0.15) is 31.9 Å². The van der Waals surface area contributed by atoms with E-state index in [0.29, 0.717) is 17.1 Å². The third-order valence-electron chi connectivity index (χ3n) is 4.52. The lowest BCUT2D eigenvalue weighted by Gasteiger charge is -2.26. The van der Waals surface area contributed by atoms with Crippen molar-refractivity contribution >= 4 is 29.3 Å². The molecule has 0 atom stereocenters. The van der Waals surface area contributed by atoms with Crippen LogP contribution in [0.3, 0.4) is 0 Å². The molecule has 0 fully saturated rings. The first kappa shape index (κ1) is 18.7. The molecule has 140 valence electrons. The van der Waals surface area contributed by atoms with Crippen molar-refractivity contribution < 1.29 is 14.3 Å². The SMILES string of the molecule is CN1C(=O)COc2ccc(NC(=O)C=Cc3ccc(C(C)(C)C)cc3)cc21. The first-order valence-electron chi connectivity index (χ1n) is 8.87. The maximum absolute atomic E-state index is 12.2. The van der Waals surface area contributed by atoms with Gasteiger partial charge in [-0.05, 0) is 40.8 Å². The second kappa shape index (κ2) is 7.27. The van der Waals surface area contributed by atoms with E-state index in [-0.39, 0.29) is 23.8 Å². The van der Waals surface area contributed by atoms with Crippen molar-refractivity contribution in [2.45, 2.75) is 26.2 Å². The third kappa shape index (κ3) is 4.37. The number of nitrogens with one attached hydrogen (secondary N) is 1. The topological polar surface area (TPSA) is 58.6 Å². The van der Waals surface area contributed by atoms with E-state index in [0.717, 1.165) is 5.56 Å². The number of carbonyl (C=O) groups excluding carboxylic acids is 2. The Hall–Kier alpha value is -3.08. The first-order chi connectivity index (χ1) is 12.7. The third-order valence-corrected chi connectivity index (χ3v) is 4.52. The molecule has 1 heterocycles. The van der Waals surface area contributed by atoms with E-state index in [9.17, 15) is 9.59 Å². The van der Waals surface area contributed by atoms with E-state index in [1.54, 1.807) is 31.3 Å². The lowest BCUT2D eigenvalue weighted by atomic mass is 9.87. The normalized spacial score (nSPS) is 14.1. The molecule has 0 unspecified atom stereocenters. The Morgan fingerprint density at radius 3 is 2.52 bits per heavy atom. The van der Waals surface area contributed by atoms with Crippen molar-refractivity contribution in [3.8, 4) is 5.75 Å². The number of benzene rings is 2. The van der Waals surface area contributed by atoms with Gasteiger partial charge in [-0.25, -0.2) is 0 Å². The summed E-state index contributed by atoms with van der Waals surface area (Å²) in [7, 11) is 1.69. The highest BCUT2D eigenvalue weighted by atomic mass is 16.5. The molecule has 2 aromatic carbocycles. The molecule has 0 radical (unpaired) electrons. The number of nitrogens with zero attached hydrogens (tertiary/aromatic N) is 1. The molecule has 5 nitrogen and oxygen atoms in total. The maximum Gasteiger partial charge on any atom is 0.264 e. The predicted octanol–water partition coefficient (Wildman–Crippen LogP) is 3.99. The molecular formula is C22H24N2O3. The van der Waals surface area contributed by atoms with Crippen molar-refractivity contribution in [2.75, 3.05) is 23.9 Å². The second-order valence-electron chi connectivity index (χ2n) is 7.62. The lowest BCUT2D eigenvalue weighted by molar-refractivity contribution is -0.121. The Balaban J connectivity index is 1.67. The van der Waals surface area contributed by atoms with E-state index in [1.807, 2.05) is 12.1 Å². The minimum absolute atomic E-state index is 0.0337. The van der Waals surface area contributed by atoms with Crippen molar-refractivity contribution in [3.05, 3.63) is 59.7 Å². The van der Waals surface area contributed by atoms with Gasteiger partial charge in [-0.1, -0.05) is 45.0 Å². The van der Waals surface area contributed by atoms with Crippen LogP contribution in [-0.2, 0) is 15.0 Å². The number of fused-ring (bicyclic) bond motifs is 1. The Morgan fingerprint density at radius 1 is 1.15 bits per heavy atom. The fraction of sp³-hybridized carbons (Fsp3) is 0.273. The van der Waals surface area contributed by atoms with Gasteiger partial charge in [0.05, 0.1) is 5.69 Å². The summed E-state index contributed by atoms with van der Waals surface area (Å²) in [6.45, 7) is 6.53. The predicted molar refractivity (Wildman–Crippen MR) is 108 cm³/mol. The minimum atomic E-state index is -0.236. The van der Waals surface area contributed by atoms with Gasteiger partial charge >= 0.3 is 0 Å². The fourth-order valence-corrected chi connectivity index (χ4v) is 2.80.